The summed E-state index contributed by atoms with van der Waals surface area (Å²) in [6, 6.07) is 7.88. The first-order valence-corrected chi connectivity index (χ1v) is 6.64. The van der Waals surface area contributed by atoms with Crippen molar-refractivity contribution in [1.82, 2.24) is 4.90 Å². The number of ether oxygens (including phenoxy) is 1. The second-order valence-electron chi connectivity index (χ2n) is 4.88. The molecular formula is C15H16N2O3. The molecule has 0 unspecified atom stereocenters. The van der Waals surface area contributed by atoms with Gasteiger partial charge in [0, 0.05) is 24.9 Å². The van der Waals surface area contributed by atoms with Gasteiger partial charge in [0.25, 0.3) is 0 Å². The first-order valence-electron chi connectivity index (χ1n) is 6.64. The van der Waals surface area contributed by atoms with Crippen LogP contribution in [0.4, 0.5) is 0 Å². The minimum atomic E-state index is -0.396. The maximum atomic E-state index is 11.8. The van der Waals surface area contributed by atoms with Crippen molar-refractivity contribution < 1.29 is 14.4 Å². The number of carbonyl (C=O) groups excluding carboxylic acids is 1. The lowest BCUT2D eigenvalue weighted by Gasteiger charge is -2.25. The minimum absolute atomic E-state index is 0.396. The van der Waals surface area contributed by atoms with Gasteiger partial charge in [-0.1, -0.05) is 35.0 Å². The van der Waals surface area contributed by atoms with Gasteiger partial charge in [-0.05, 0) is 6.92 Å². The van der Waals surface area contributed by atoms with Crippen molar-refractivity contribution in [2.24, 2.45) is 5.16 Å². The van der Waals surface area contributed by atoms with Crippen LogP contribution in [0.2, 0.25) is 0 Å². The Morgan fingerprint density at radius 1 is 1.20 bits per heavy atom. The standard InChI is InChI=1S/C15H16N2O3/c1-11-2-4-12(5-3-11)14-13(15(18)20-16-14)10-17-6-8-19-9-7-17/h2-5,10H,6-9H2,1H3. The van der Waals surface area contributed by atoms with Gasteiger partial charge >= 0.3 is 5.97 Å². The van der Waals surface area contributed by atoms with Crippen LogP contribution in [-0.4, -0.2) is 42.9 Å². The summed E-state index contributed by atoms with van der Waals surface area (Å²) in [7, 11) is 0. The molecule has 1 aromatic rings. The van der Waals surface area contributed by atoms with Gasteiger partial charge in [-0.15, -0.1) is 0 Å². The van der Waals surface area contributed by atoms with Gasteiger partial charge in [0.15, 0.2) is 0 Å². The fourth-order valence-corrected chi connectivity index (χ4v) is 2.20. The SMILES string of the molecule is Cc1ccc(C2=NOC(=O)C2=CN2CCOCC2)cc1. The van der Waals surface area contributed by atoms with Crippen LogP contribution in [-0.2, 0) is 14.4 Å². The second-order valence-corrected chi connectivity index (χ2v) is 4.88. The zero-order valence-electron chi connectivity index (χ0n) is 11.3. The molecule has 1 fully saturated rings. The van der Waals surface area contributed by atoms with Gasteiger partial charge in [0.2, 0.25) is 0 Å². The van der Waals surface area contributed by atoms with E-state index in [0.717, 1.165) is 18.7 Å². The molecule has 2 aliphatic rings. The van der Waals surface area contributed by atoms with Crippen LogP contribution < -0.4 is 0 Å². The molecule has 1 aromatic carbocycles. The predicted molar refractivity (Wildman–Crippen MR) is 74.3 cm³/mol. The number of hydrogen-bond acceptors (Lipinski definition) is 5. The normalized spacial score (nSPS) is 21.1. The van der Waals surface area contributed by atoms with Crippen molar-refractivity contribution >= 4 is 11.7 Å². The molecule has 5 heteroatoms. The van der Waals surface area contributed by atoms with E-state index in [4.69, 9.17) is 9.57 Å². The van der Waals surface area contributed by atoms with E-state index in [0.29, 0.717) is 24.5 Å². The summed E-state index contributed by atoms with van der Waals surface area (Å²) in [5.74, 6) is -0.396. The second kappa shape index (κ2) is 5.46. The van der Waals surface area contributed by atoms with Crippen LogP contribution >= 0.6 is 0 Å². The Morgan fingerprint density at radius 2 is 1.90 bits per heavy atom. The molecule has 0 spiro atoms. The first kappa shape index (κ1) is 12.9. The van der Waals surface area contributed by atoms with Crippen LogP contribution in [0, 0.1) is 6.92 Å². The van der Waals surface area contributed by atoms with Crippen LogP contribution in [0.15, 0.2) is 41.2 Å². The van der Waals surface area contributed by atoms with Crippen LogP contribution in [0.5, 0.6) is 0 Å². The highest BCUT2D eigenvalue weighted by molar-refractivity contribution is 6.28. The summed E-state index contributed by atoms with van der Waals surface area (Å²) in [5, 5.41) is 3.90. The van der Waals surface area contributed by atoms with Gasteiger partial charge in [0.05, 0.1) is 13.2 Å². The largest absolute Gasteiger partial charge is 0.378 e. The third-order valence-corrected chi connectivity index (χ3v) is 3.38. The molecule has 2 heterocycles. The number of aryl methyl sites for hydroxylation is 1. The smallest absolute Gasteiger partial charge is 0.369 e. The van der Waals surface area contributed by atoms with E-state index in [9.17, 15) is 4.79 Å². The number of oxime groups is 1. The first-order chi connectivity index (χ1) is 9.74. The molecule has 0 saturated carbocycles. The Kier molecular flexibility index (Phi) is 3.52. The lowest BCUT2D eigenvalue weighted by Crippen LogP contribution is -2.33. The topological polar surface area (TPSA) is 51.1 Å². The van der Waals surface area contributed by atoms with E-state index in [1.807, 2.05) is 37.4 Å². The molecule has 0 bridgehead atoms. The zero-order valence-corrected chi connectivity index (χ0v) is 11.3. The predicted octanol–water partition coefficient (Wildman–Crippen LogP) is 1.47. The molecule has 2 aliphatic heterocycles. The highest BCUT2D eigenvalue weighted by Gasteiger charge is 2.27. The van der Waals surface area contributed by atoms with Crippen LogP contribution in [0.25, 0.3) is 0 Å². The monoisotopic (exact) mass is 272 g/mol. The number of carbonyl (C=O) groups is 1. The summed E-state index contributed by atoms with van der Waals surface area (Å²) < 4.78 is 5.30. The fourth-order valence-electron chi connectivity index (χ4n) is 2.20. The van der Waals surface area contributed by atoms with Gasteiger partial charge in [-0.25, -0.2) is 4.79 Å². The van der Waals surface area contributed by atoms with E-state index in [1.165, 1.54) is 5.56 Å². The van der Waals surface area contributed by atoms with Gasteiger partial charge < -0.3 is 14.5 Å². The van der Waals surface area contributed by atoms with Gasteiger partial charge in [-0.3, -0.25) is 0 Å². The Balaban J connectivity index is 1.87. The van der Waals surface area contributed by atoms with Crippen molar-refractivity contribution in [3.8, 4) is 0 Å². The van der Waals surface area contributed by atoms with E-state index in [-0.39, 0.29) is 0 Å². The van der Waals surface area contributed by atoms with E-state index < -0.39 is 5.97 Å². The molecule has 0 atom stereocenters. The minimum Gasteiger partial charge on any atom is -0.378 e. The van der Waals surface area contributed by atoms with Crippen molar-refractivity contribution in [1.29, 1.82) is 0 Å². The lowest BCUT2D eigenvalue weighted by atomic mass is 10.0. The summed E-state index contributed by atoms with van der Waals surface area (Å²) in [4.78, 5) is 18.7. The molecular weight excluding hydrogens is 256 g/mol. The molecule has 0 aromatic heterocycles. The molecule has 0 aliphatic carbocycles. The average molecular weight is 272 g/mol. The lowest BCUT2D eigenvalue weighted by molar-refractivity contribution is -0.137. The van der Waals surface area contributed by atoms with Crippen molar-refractivity contribution in [2.75, 3.05) is 26.3 Å². The quantitative estimate of drug-likeness (QED) is 0.604. The fraction of sp³-hybridized carbons (Fsp3) is 0.333. The van der Waals surface area contributed by atoms with E-state index >= 15 is 0 Å². The molecule has 5 nitrogen and oxygen atoms in total. The summed E-state index contributed by atoms with van der Waals surface area (Å²) in [5.41, 5.74) is 3.16. The van der Waals surface area contributed by atoms with Gasteiger partial charge in [-0.2, -0.15) is 0 Å². The Bertz CT molecular complexity index is 569. The zero-order chi connectivity index (χ0) is 13.9. The number of nitrogens with zero attached hydrogens (tertiary/aromatic N) is 2. The highest BCUT2D eigenvalue weighted by Crippen LogP contribution is 2.19. The average Bonchev–Trinajstić information content (AvgIpc) is 2.83. The third kappa shape index (κ3) is 2.58. The summed E-state index contributed by atoms with van der Waals surface area (Å²) in [6.07, 6.45) is 1.83. The number of benzene rings is 1. The number of hydrogen-bond donors (Lipinski definition) is 0. The summed E-state index contributed by atoms with van der Waals surface area (Å²) >= 11 is 0. The van der Waals surface area contributed by atoms with Crippen LogP contribution in [0.3, 0.4) is 0 Å². The van der Waals surface area contributed by atoms with Crippen molar-refractivity contribution in [3.05, 3.63) is 47.2 Å². The Hall–Kier alpha value is -2.14. The molecule has 0 radical (unpaired) electrons. The highest BCUT2D eigenvalue weighted by atomic mass is 16.7. The molecule has 20 heavy (non-hydrogen) atoms. The molecule has 0 amide bonds. The Morgan fingerprint density at radius 3 is 2.60 bits per heavy atom. The van der Waals surface area contributed by atoms with Crippen LogP contribution in [0.1, 0.15) is 11.1 Å². The van der Waals surface area contributed by atoms with Gasteiger partial charge in [0.1, 0.15) is 11.3 Å². The van der Waals surface area contributed by atoms with Crippen molar-refractivity contribution in [2.45, 2.75) is 6.92 Å². The number of rotatable bonds is 2. The molecule has 3 rings (SSSR count). The maximum absolute atomic E-state index is 11.8. The molecule has 104 valence electrons. The molecule has 1 saturated heterocycles. The third-order valence-electron chi connectivity index (χ3n) is 3.38. The van der Waals surface area contributed by atoms with E-state index in [2.05, 4.69) is 10.1 Å². The molecule has 0 N–H and O–H groups in total. The summed E-state index contributed by atoms with van der Waals surface area (Å²) in [6.45, 7) is 4.92. The maximum Gasteiger partial charge on any atom is 0.369 e. The van der Waals surface area contributed by atoms with Crippen molar-refractivity contribution in [3.63, 3.8) is 0 Å². The van der Waals surface area contributed by atoms with E-state index in [1.54, 1.807) is 0 Å². The number of morpholine rings is 1. The Labute approximate surface area is 117 Å².